The summed E-state index contributed by atoms with van der Waals surface area (Å²) in [4.78, 5) is 15.6. The predicted octanol–water partition coefficient (Wildman–Crippen LogP) is 4.95. The first-order chi connectivity index (χ1) is 13.8. The molecule has 0 spiro atoms. The van der Waals surface area contributed by atoms with Crippen LogP contribution in [0.3, 0.4) is 0 Å². The number of halogens is 2. The minimum absolute atomic E-state index is 0.131. The fourth-order valence-electron chi connectivity index (χ4n) is 2.86. The van der Waals surface area contributed by atoms with Gasteiger partial charge in [0.15, 0.2) is 16.6 Å². The number of benzene rings is 2. The minimum atomic E-state index is -0.131. The van der Waals surface area contributed by atoms with Crippen molar-refractivity contribution in [3.8, 4) is 11.5 Å². The number of ether oxygens (including phenoxy) is 2. The first-order valence-corrected chi connectivity index (χ1v) is 10.8. The molecule has 2 aromatic rings. The van der Waals surface area contributed by atoms with E-state index in [0.717, 1.165) is 14.7 Å². The second-order valence-corrected chi connectivity index (χ2v) is 8.38. The third-order valence-corrected chi connectivity index (χ3v) is 5.99. The van der Waals surface area contributed by atoms with Gasteiger partial charge in [0.2, 0.25) is 0 Å². The van der Waals surface area contributed by atoms with E-state index in [1.54, 1.807) is 19.0 Å². The average molecular weight is 543 g/mol. The van der Waals surface area contributed by atoms with Crippen LogP contribution < -0.4 is 9.47 Å². The van der Waals surface area contributed by atoms with E-state index in [1.165, 1.54) is 4.90 Å². The Bertz CT molecular complexity index is 979. The van der Waals surface area contributed by atoms with Gasteiger partial charge in [-0.15, -0.1) is 0 Å². The van der Waals surface area contributed by atoms with Gasteiger partial charge in [-0.25, -0.2) is 0 Å². The van der Waals surface area contributed by atoms with Crippen LogP contribution >= 0.6 is 46.4 Å². The second-order valence-electron chi connectivity index (χ2n) is 6.41. The summed E-state index contributed by atoms with van der Waals surface area (Å²) >= 11 is 13.4. The molecule has 5 nitrogen and oxygen atoms in total. The molecule has 152 valence electrons. The molecular weight excluding hydrogens is 523 g/mol. The molecule has 1 heterocycles. The molecule has 1 saturated heterocycles. The number of likely N-dealkylation sites (N-methyl/N-ethyl adjacent to an activating group) is 2. The van der Waals surface area contributed by atoms with Crippen LogP contribution in [0.2, 0.25) is 5.02 Å². The number of nitrogens with zero attached hydrogens (tertiary/aromatic N) is 2. The number of hydrogen-bond donors (Lipinski definition) is 0. The lowest BCUT2D eigenvalue weighted by Gasteiger charge is -2.15. The van der Waals surface area contributed by atoms with Gasteiger partial charge in [0, 0.05) is 19.1 Å². The Balaban J connectivity index is 1.90. The molecule has 0 atom stereocenters. The lowest BCUT2D eigenvalue weighted by Crippen LogP contribution is -2.26. The molecule has 1 aliphatic heterocycles. The Kier molecular flexibility index (Phi) is 7.02. The van der Waals surface area contributed by atoms with Gasteiger partial charge in [-0.05, 0) is 83.2 Å². The zero-order chi connectivity index (χ0) is 21.1. The number of thiocarbonyl (C=S) groups is 1. The summed E-state index contributed by atoms with van der Waals surface area (Å²) in [7, 11) is 3.46. The molecule has 0 N–H and O–H groups in total. The van der Waals surface area contributed by atoms with E-state index in [-0.39, 0.29) is 5.91 Å². The number of amides is 1. The van der Waals surface area contributed by atoms with Crippen molar-refractivity contribution in [3.05, 3.63) is 61.8 Å². The third-order valence-electron chi connectivity index (χ3n) is 4.39. The Labute approximate surface area is 194 Å². The molecule has 1 amide bonds. The van der Waals surface area contributed by atoms with Crippen LogP contribution in [0.4, 0.5) is 0 Å². The van der Waals surface area contributed by atoms with Crippen molar-refractivity contribution in [1.29, 1.82) is 0 Å². The first-order valence-electron chi connectivity index (χ1n) is 8.92. The maximum absolute atomic E-state index is 12.4. The van der Waals surface area contributed by atoms with Gasteiger partial charge in [-0.2, -0.15) is 0 Å². The van der Waals surface area contributed by atoms with E-state index >= 15 is 0 Å². The van der Waals surface area contributed by atoms with Crippen molar-refractivity contribution < 1.29 is 14.3 Å². The van der Waals surface area contributed by atoms with E-state index in [4.69, 9.17) is 33.3 Å². The Hall–Kier alpha value is -1.84. The molecule has 0 radical (unpaired) electrons. The molecule has 0 aromatic heterocycles. The Morgan fingerprint density at radius 1 is 1.14 bits per heavy atom. The maximum atomic E-state index is 12.4. The molecule has 1 aliphatic rings. The third kappa shape index (κ3) is 4.84. The highest BCUT2D eigenvalue weighted by Gasteiger charge is 2.32. The summed E-state index contributed by atoms with van der Waals surface area (Å²) in [5.74, 6) is 1.17. The first kappa shape index (κ1) is 21.9. The summed E-state index contributed by atoms with van der Waals surface area (Å²) < 4.78 is 12.7. The average Bonchev–Trinajstić information content (AvgIpc) is 2.87. The number of carbonyl (C=O) groups is 1. The quantitative estimate of drug-likeness (QED) is 0.294. The second kappa shape index (κ2) is 9.32. The van der Waals surface area contributed by atoms with Crippen LogP contribution in [0.25, 0.3) is 6.08 Å². The number of rotatable bonds is 6. The monoisotopic (exact) mass is 542 g/mol. The van der Waals surface area contributed by atoms with Crippen molar-refractivity contribution >= 4 is 63.5 Å². The van der Waals surface area contributed by atoms with Gasteiger partial charge >= 0.3 is 0 Å². The van der Waals surface area contributed by atoms with Crippen LogP contribution in [-0.4, -0.2) is 41.5 Å². The van der Waals surface area contributed by atoms with Gasteiger partial charge in [0.25, 0.3) is 5.91 Å². The molecule has 0 aliphatic carbocycles. The summed E-state index contributed by atoms with van der Waals surface area (Å²) in [6, 6.07) is 11.3. The lowest BCUT2D eigenvalue weighted by atomic mass is 10.1. The van der Waals surface area contributed by atoms with Crippen molar-refractivity contribution in [2.75, 3.05) is 20.7 Å². The van der Waals surface area contributed by atoms with Crippen LogP contribution in [0.15, 0.2) is 42.1 Å². The number of hydrogen-bond acceptors (Lipinski definition) is 4. The summed E-state index contributed by atoms with van der Waals surface area (Å²) in [5.41, 5.74) is 2.36. The molecule has 0 saturated carbocycles. The van der Waals surface area contributed by atoms with Crippen LogP contribution in [0.1, 0.15) is 18.1 Å². The van der Waals surface area contributed by atoms with E-state index in [1.807, 2.05) is 49.4 Å². The molecular formula is C21H20ClIN2O3S. The highest BCUT2D eigenvalue weighted by Crippen LogP contribution is 2.36. The molecule has 2 aromatic carbocycles. The fourth-order valence-corrected chi connectivity index (χ4v) is 3.95. The highest BCUT2D eigenvalue weighted by molar-refractivity contribution is 14.1. The van der Waals surface area contributed by atoms with Crippen molar-refractivity contribution in [2.45, 2.75) is 13.5 Å². The highest BCUT2D eigenvalue weighted by atomic mass is 127. The van der Waals surface area contributed by atoms with Crippen LogP contribution in [0.5, 0.6) is 11.5 Å². The van der Waals surface area contributed by atoms with Gasteiger partial charge in [0.05, 0.1) is 10.2 Å². The smallest absolute Gasteiger partial charge is 0.276 e. The number of carbonyl (C=O) groups excluding carboxylic acids is 1. The molecule has 8 heteroatoms. The van der Waals surface area contributed by atoms with Crippen molar-refractivity contribution in [1.82, 2.24) is 9.80 Å². The lowest BCUT2D eigenvalue weighted by molar-refractivity contribution is -0.121. The molecule has 1 fully saturated rings. The SMILES string of the molecule is CCOc1cc(/C=C2/C(=O)N(C)C(=S)N2C)cc(I)c1OCc1ccc(Cl)cc1. The maximum Gasteiger partial charge on any atom is 0.276 e. The summed E-state index contributed by atoms with van der Waals surface area (Å²) in [6.07, 6.45) is 1.81. The summed E-state index contributed by atoms with van der Waals surface area (Å²) in [5, 5.41) is 1.16. The molecule has 0 unspecified atom stereocenters. The molecule has 29 heavy (non-hydrogen) atoms. The molecule has 0 bridgehead atoms. The van der Waals surface area contributed by atoms with Crippen molar-refractivity contribution in [2.24, 2.45) is 0 Å². The van der Waals surface area contributed by atoms with Gasteiger partial charge < -0.3 is 14.4 Å². The van der Waals surface area contributed by atoms with Crippen LogP contribution in [-0.2, 0) is 11.4 Å². The van der Waals surface area contributed by atoms with Crippen LogP contribution in [0, 0.1) is 3.57 Å². The van der Waals surface area contributed by atoms with E-state index in [2.05, 4.69) is 22.6 Å². The Morgan fingerprint density at radius 3 is 2.41 bits per heavy atom. The largest absolute Gasteiger partial charge is 0.490 e. The normalized spacial score (nSPS) is 15.4. The fraction of sp³-hybridized carbons (Fsp3) is 0.238. The van der Waals surface area contributed by atoms with Gasteiger partial charge in [-0.3, -0.25) is 9.69 Å². The summed E-state index contributed by atoms with van der Waals surface area (Å²) in [6.45, 7) is 2.82. The minimum Gasteiger partial charge on any atom is -0.490 e. The van der Waals surface area contributed by atoms with E-state index in [9.17, 15) is 4.79 Å². The van der Waals surface area contributed by atoms with E-state index in [0.29, 0.717) is 40.5 Å². The Morgan fingerprint density at radius 2 is 1.83 bits per heavy atom. The van der Waals surface area contributed by atoms with Gasteiger partial charge in [0.1, 0.15) is 12.3 Å². The standard InChI is InChI=1S/C21H20ClIN2O3S/c1-4-27-18-11-14(10-17-20(26)25(3)21(29)24(17)2)9-16(23)19(18)28-12-13-5-7-15(22)8-6-13/h5-11H,4,12H2,1-3H3/b17-10-. The van der Waals surface area contributed by atoms with E-state index < -0.39 is 0 Å². The van der Waals surface area contributed by atoms with Gasteiger partial charge in [-0.1, -0.05) is 23.7 Å². The zero-order valence-corrected chi connectivity index (χ0v) is 20.0. The van der Waals surface area contributed by atoms with Crippen molar-refractivity contribution in [3.63, 3.8) is 0 Å². The predicted molar refractivity (Wildman–Crippen MR) is 127 cm³/mol. The molecule has 3 rings (SSSR count). The zero-order valence-electron chi connectivity index (χ0n) is 16.2. The topological polar surface area (TPSA) is 42.0 Å².